The molecule has 5 rings (SSSR count). The van der Waals surface area contributed by atoms with Gasteiger partial charge in [0.25, 0.3) is 0 Å². The van der Waals surface area contributed by atoms with E-state index in [9.17, 15) is 8.42 Å². The SMILES string of the molecule is Cc1noc(C)c1S(=O)(=O)N[C@H](C)C12CC3CC(CC(C3)C1)C2. The number of aryl methyl sites for hydroxylation is 2. The molecule has 1 aromatic heterocycles. The van der Waals surface area contributed by atoms with E-state index in [4.69, 9.17) is 4.52 Å². The zero-order valence-corrected chi connectivity index (χ0v) is 14.9. The molecule has 0 aliphatic heterocycles. The van der Waals surface area contributed by atoms with Gasteiger partial charge in [0.2, 0.25) is 10.0 Å². The van der Waals surface area contributed by atoms with Crippen molar-refractivity contribution in [2.45, 2.75) is 70.2 Å². The molecule has 5 nitrogen and oxygen atoms in total. The molecule has 0 spiro atoms. The van der Waals surface area contributed by atoms with Crippen LogP contribution in [0.3, 0.4) is 0 Å². The maximum Gasteiger partial charge on any atom is 0.246 e. The first-order valence-electron chi connectivity index (χ1n) is 8.74. The normalized spacial score (nSPS) is 37.3. The molecule has 1 atom stereocenters. The summed E-state index contributed by atoms with van der Waals surface area (Å²) >= 11 is 0. The van der Waals surface area contributed by atoms with Gasteiger partial charge in [-0.25, -0.2) is 13.1 Å². The van der Waals surface area contributed by atoms with Crippen molar-refractivity contribution >= 4 is 10.0 Å². The number of hydrogen-bond acceptors (Lipinski definition) is 4. The Balaban J connectivity index is 1.59. The highest BCUT2D eigenvalue weighted by atomic mass is 32.2. The average Bonchev–Trinajstić information content (AvgIpc) is 2.76. The van der Waals surface area contributed by atoms with Crippen LogP contribution in [0.1, 0.15) is 56.9 Å². The third kappa shape index (κ3) is 2.45. The summed E-state index contributed by atoms with van der Waals surface area (Å²) in [6, 6.07) is -0.0328. The van der Waals surface area contributed by atoms with Gasteiger partial charge in [0, 0.05) is 6.04 Å². The molecule has 23 heavy (non-hydrogen) atoms. The Labute approximate surface area is 138 Å². The molecule has 0 unspecified atom stereocenters. The van der Waals surface area contributed by atoms with Gasteiger partial charge in [0.1, 0.15) is 10.6 Å². The Morgan fingerprint density at radius 2 is 1.65 bits per heavy atom. The molecule has 1 aromatic rings. The second-order valence-electron chi connectivity index (χ2n) is 8.28. The molecule has 4 aliphatic carbocycles. The summed E-state index contributed by atoms with van der Waals surface area (Å²) in [5.74, 6) is 2.81. The van der Waals surface area contributed by atoms with Crippen LogP contribution >= 0.6 is 0 Å². The number of hydrogen-bond donors (Lipinski definition) is 1. The molecule has 1 heterocycles. The Kier molecular flexibility index (Phi) is 3.44. The van der Waals surface area contributed by atoms with Gasteiger partial charge in [0.05, 0.1) is 0 Å². The van der Waals surface area contributed by atoms with Crippen LogP contribution in [0.25, 0.3) is 0 Å². The molecule has 0 amide bonds. The van der Waals surface area contributed by atoms with Crippen molar-refractivity contribution < 1.29 is 12.9 Å². The molecule has 128 valence electrons. The fourth-order valence-corrected chi connectivity index (χ4v) is 7.66. The average molecular weight is 338 g/mol. The van der Waals surface area contributed by atoms with Crippen LogP contribution < -0.4 is 4.72 Å². The van der Waals surface area contributed by atoms with Crippen LogP contribution in [0.15, 0.2) is 9.42 Å². The minimum atomic E-state index is -3.58. The molecular weight excluding hydrogens is 312 g/mol. The van der Waals surface area contributed by atoms with Gasteiger partial charge in [-0.1, -0.05) is 5.16 Å². The zero-order chi connectivity index (χ0) is 16.4. The highest BCUT2D eigenvalue weighted by Gasteiger charge is 2.53. The standard InChI is InChI=1S/C17H26N2O3S/c1-10-16(11(2)22-18-10)23(20,21)19-12(3)17-7-13-4-14(8-17)6-15(5-13)9-17/h12-15,19H,4-9H2,1-3H3/t12-,13?,14?,15?,17?/m1/s1. The summed E-state index contributed by atoms with van der Waals surface area (Å²) in [6.45, 7) is 5.40. The minimum absolute atomic E-state index is 0.0328. The van der Waals surface area contributed by atoms with E-state index in [2.05, 4.69) is 16.8 Å². The van der Waals surface area contributed by atoms with Crippen LogP contribution in [0, 0.1) is 37.0 Å². The first kappa shape index (κ1) is 15.6. The minimum Gasteiger partial charge on any atom is -0.360 e. The van der Waals surface area contributed by atoms with Gasteiger partial charge in [-0.05, 0) is 82.5 Å². The molecule has 0 saturated heterocycles. The van der Waals surface area contributed by atoms with Crippen molar-refractivity contribution in [1.29, 1.82) is 0 Å². The van der Waals surface area contributed by atoms with Gasteiger partial charge >= 0.3 is 0 Å². The summed E-state index contributed by atoms with van der Waals surface area (Å²) < 4.78 is 33.7. The Morgan fingerprint density at radius 3 is 2.09 bits per heavy atom. The molecule has 4 fully saturated rings. The van der Waals surface area contributed by atoms with Gasteiger partial charge < -0.3 is 4.52 Å². The number of rotatable bonds is 4. The third-order valence-electron chi connectivity index (χ3n) is 6.57. The van der Waals surface area contributed by atoms with E-state index in [0.29, 0.717) is 11.5 Å². The number of aromatic nitrogens is 1. The Bertz CT molecular complexity index is 667. The summed E-state index contributed by atoms with van der Waals surface area (Å²) in [5, 5.41) is 3.79. The van der Waals surface area contributed by atoms with Gasteiger partial charge in [-0.2, -0.15) is 0 Å². The molecular formula is C17H26N2O3S. The van der Waals surface area contributed by atoms with E-state index in [1.165, 1.54) is 38.5 Å². The van der Waals surface area contributed by atoms with Crippen LogP contribution in [0.5, 0.6) is 0 Å². The van der Waals surface area contributed by atoms with Crippen molar-refractivity contribution in [3.63, 3.8) is 0 Å². The fraction of sp³-hybridized carbons (Fsp3) is 0.824. The van der Waals surface area contributed by atoms with E-state index in [0.717, 1.165) is 17.8 Å². The highest BCUT2D eigenvalue weighted by molar-refractivity contribution is 7.89. The molecule has 6 heteroatoms. The maximum absolute atomic E-state index is 12.8. The lowest BCUT2D eigenvalue weighted by Crippen LogP contribution is -2.55. The molecule has 4 aliphatic rings. The van der Waals surface area contributed by atoms with Crippen molar-refractivity contribution in [2.75, 3.05) is 0 Å². The van der Waals surface area contributed by atoms with E-state index in [1.54, 1.807) is 13.8 Å². The van der Waals surface area contributed by atoms with E-state index >= 15 is 0 Å². The Morgan fingerprint density at radius 1 is 1.13 bits per heavy atom. The summed E-state index contributed by atoms with van der Waals surface area (Å²) in [5.41, 5.74) is 0.591. The number of sulfonamides is 1. The summed E-state index contributed by atoms with van der Waals surface area (Å²) in [6.07, 6.45) is 7.65. The van der Waals surface area contributed by atoms with Crippen molar-refractivity contribution in [2.24, 2.45) is 23.2 Å². The van der Waals surface area contributed by atoms with Crippen molar-refractivity contribution in [3.05, 3.63) is 11.5 Å². The van der Waals surface area contributed by atoms with E-state index in [-0.39, 0.29) is 16.4 Å². The molecule has 0 aromatic carbocycles. The maximum atomic E-state index is 12.8. The summed E-state index contributed by atoms with van der Waals surface area (Å²) in [7, 11) is -3.58. The number of nitrogens with zero attached hydrogens (tertiary/aromatic N) is 1. The third-order valence-corrected chi connectivity index (χ3v) is 8.36. The monoisotopic (exact) mass is 338 g/mol. The van der Waals surface area contributed by atoms with Gasteiger partial charge in [-0.15, -0.1) is 0 Å². The molecule has 1 N–H and O–H groups in total. The van der Waals surface area contributed by atoms with E-state index in [1.807, 2.05) is 0 Å². The van der Waals surface area contributed by atoms with Crippen LogP contribution in [0.4, 0.5) is 0 Å². The van der Waals surface area contributed by atoms with Crippen LogP contribution in [-0.4, -0.2) is 19.6 Å². The second kappa shape index (κ2) is 5.06. The molecule has 0 radical (unpaired) electrons. The largest absolute Gasteiger partial charge is 0.360 e. The van der Waals surface area contributed by atoms with Gasteiger partial charge in [0.15, 0.2) is 5.76 Å². The predicted octanol–water partition coefficient (Wildman–Crippen LogP) is 3.17. The lowest BCUT2D eigenvalue weighted by atomic mass is 9.48. The Hall–Kier alpha value is -0.880. The fourth-order valence-electron chi connectivity index (χ4n) is 5.98. The predicted molar refractivity (Wildman–Crippen MR) is 86.4 cm³/mol. The quantitative estimate of drug-likeness (QED) is 0.915. The molecule has 4 bridgehead atoms. The van der Waals surface area contributed by atoms with Crippen molar-refractivity contribution in [3.8, 4) is 0 Å². The van der Waals surface area contributed by atoms with E-state index < -0.39 is 10.0 Å². The van der Waals surface area contributed by atoms with Crippen LogP contribution in [0.2, 0.25) is 0 Å². The number of nitrogens with one attached hydrogen (secondary N) is 1. The van der Waals surface area contributed by atoms with Crippen molar-refractivity contribution in [1.82, 2.24) is 9.88 Å². The van der Waals surface area contributed by atoms with Gasteiger partial charge in [-0.3, -0.25) is 0 Å². The highest BCUT2D eigenvalue weighted by Crippen LogP contribution is 2.61. The zero-order valence-electron chi connectivity index (χ0n) is 14.1. The molecule has 4 saturated carbocycles. The first-order chi connectivity index (χ1) is 10.8. The van der Waals surface area contributed by atoms with Crippen LogP contribution in [-0.2, 0) is 10.0 Å². The second-order valence-corrected chi connectivity index (χ2v) is 9.93. The summed E-state index contributed by atoms with van der Waals surface area (Å²) in [4.78, 5) is 0.217. The first-order valence-corrected chi connectivity index (χ1v) is 10.2. The lowest BCUT2D eigenvalue weighted by molar-refractivity contribution is -0.0666. The smallest absolute Gasteiger partial charge is 0.246 e. The topological polar surface area (TPSA) is 72.2 Å². The lowest BCUT2D eigenvalue weighted by Gasteiger charge is -2.59.